The van der Waals surface area contributed by atoms with E-state index in [1.165, 1.54) is 0 Å². The first-order chi connectivity index (χ1) is 10.1. The summed E-state index contributed by atoms with van der Waals surface area (Å²) in [5, 5.41) is 6.14. The minimum atomic E-state index is -0.0937. The predicted molar refractivity (Wildman–Crippen MR) is 83.0 cm³/mol. The molecule has 0 bridgehead atoms. The Labute approximate surface area is 124 Å². The van der Waals surface area contributed by atoms with E-state index < -0.39 is 0 Å². The molecule has 110 valence electrons. The molecule has 2 heterocycles. The highest BCUT2D eigenvalue weighted by atomic mass is 16.1. The molecular weight excluding hydrogens is 264 g/mol. The van der Waals surface area contributed by atoms with E-state index in [1.54, 1.807) is 24.8 Å². The van der Waals surface area contributed by atoms with E-state index in [0.29, 0.717) is 24.6 Å². The average molecular weight is 284 g/mol. The van der Waals surface area contributed by atoms with Crippen LogP contribution in [-0.2, 0) is 6.54 Å². The number of carbonyl (C=O) groups excluding carboxylic acids is 1. The molecule has 5 heteroatoms. The van der Waals surface area contributed by atoms with Crippen molar-refractivity contribution >= 4 is 11.6 Å². The third-order valence-corrected chi connectivity index (χ3v) is 2.92. The number of rotatable bonds is 6. The molecule has 21 heavy (non-hydrogen) atoms. The SMILES string of the molecule is CC(C)CNC(=O)c1cncc(NCc2ccncc2)c1. The topological polar surface area (TPSA) is 66.9 Å². The highest BCUT2D eigenvalue weighted by molar-refractivity contribution is 5.94. The number of amides is 1. The molecular formula is C16H20N4O. The lowest BCUT2D eigenvalue weighted by Crippen LogP contribution is -2.27. The Bertz CT molecular complexity index is 584. The maximum absolute atomic E-state index is 12.0. The van der Waals surface area contributed by atoms with Gasteiger partial charge in [-0.2, -0.15) is 0 Å². The summed E-state index contributed by atoms with van der Waals surface area (Å²) >= 11 is 0. The van der Waals surface area contributed by atoms with Crippen molar-refractivity contribution in [3.05, 3.63) is 54.1 Å². The van der Waals surface area contributed by atoms with Crippen LogP contribution in [0.3, 0.4) is 0 Å². The van der Waals surface area contributed by atoms with Crippen molar-refractivity contribution in [3.63, 3.8) is 0 Å². The average Bonchev–Trinajstić information content (AvgIpc) is 2.52. The van der Waals surface area contributed by atoms with Gasteiger partial charge in [-0.05, 0) is 29.7 Å². The molecule has 5 nitrogen and oxygen atoms in total. The van der Waals surface area contributed by atoms with Gasteiger partial charge in [0.25, 0.3) is 5.91 Å². The van der Waals surface area contributed by atoms with Crippen molar-refractivity contribution in [2.45, 2.75) is 20.4 Å². The number of nitrogens with zero attached hydrogens (tertiary/aromatic N) is 2. The Morgan fingerprint density at radius 1 is 1.19 bits per heavy atom. The minimum Gasteiger partial charge on any atom is -0.380 e. The maximum atomic E-state index is 12.0. The summed E-state index contributed by atoms with van der Waals surface area (Å²) in [5.41, 5.74) is 2.51. The van der Waals surface area contributed by atoms with Crippen LogP contribution in [0.1, 0.15) is 29.8 Å². The zero-order chi connectivity index (χ0) is 15.1. The van der Waals surface area contributed by atoms with Crippen LogP contribution in [0.5, 0.6) is 0 Å². The number of pyridine rings is 2. The standard InChI is InChI=1S/C16H20N4O/c1-12(2)8-20-16(21)14-7-15(11-18-10-14)19-9-13-3-5-17-6-4-13/h3-7,10-12,19H,8-9H2,1-2H3,(H,20,21). The lowest BCUT2D eigenvalue weighted by molar-refractivity contribution is 0.0948. The molecule has 0 saturated heterocycles. The Morgan fingerprint density at radius 2 is 1.95 bits per heavy atom. The van der Waals surface area contributed by atoms with Crippen molar-refractivity contribution in [1.82, 2.24) is 15.3 Å². The number of carbonyl (C=O) groups is 1. The molecule has 2 aromatic heterocycles. The Hall–Kier alpha value is -2.43. The van der Waals surface area contributed by atoms with E-state index in [9.17, 15) is 4.79 Å². The van der Waals surface area contributed by atoms with Gasteiger partial charge >= 0.3 is 0 Å². The third-order valence-electron chi connectivity index (χ3n) is 2.92. The molecule has 2 N–H and O–H groups in total. The van der Waals surface area contributed by atoms with Crippen molar-refractivity contribution in [2.75, 3.05) is 11.9 Å². The fourth-order valence-electron chi connectivity index (χ4n) is 1.76. The van der Waals surface area contributed by atoms with Crippen LogP contribution in [0, 0.1) is 5.92 Å². The summed E-state index contributed by atoms with van der Waals surface area (Å²) in [6.07, 6.45) is 6.80. The van der Waals surface area contributed by atoms with Crippen molar-refractivity contribution < 1.29 is 4.79 Å². The molecule has 0 spiro atoms. The summed E-state index contributed by atoms with van der Waals surface area (Å²) in [5.74, 6) is 0.332. The molecule has 2 rings (SSSR count). The van der Waals surface area contributed by atoms with Crippen LogP contribution in [0.4, 0.5) is 5.69 Å². The van der Waals surface area contributed by atoms with Gasteiger partial charge in [0.05, 0.1) is 11.3 Å². The molecule has 0 saturated carbocycles. The zero-order valence-corrected chi connectivity index (χ0v) is 12.3. The Kier molecular flexibility index (Phi) is 5.26. The van der Waals surface area contributed by atoms with Gasteiger partial charge in [-0.3, -0.25) is 14.8 Å². The number of anilines is 1. The van der Waals surface area contributed by atoms with E-state index in [-0.39, 0.29) is 5.91 Å². The monoisotopic (exact) mass is 284 g/mol. The van der Waals surface area contributed by atoms with E-state index in [4.69, 9.17) is 0 Å². The van der Waals surface area contributed by atoms with Crippen molar-refractivity contribution in [1.29, 1.82) is 0 Å². The van der Waals surface area contributed by atoms with Crippen LogP contribution in [-0.4, -0.2) is 22.4 Å². The molecule has 2 aromatic rings. The second kappa shape index (κ2) is 7.38. The lowest BCUT2D eigenvalue weighted by Gasteiger charge is -2.09. The Morgan fingerprint density at radius 3 is 2.67 bits per heavy atom. The highest BCUT2D eigenvalue weighted by Gasteiger charge is 2.07. The normalized spacial score (nSPS) is 10.4. The molecule has 0 aromatic carbocycles. The first-order valence-corrected chi connectivity index (χ1v) is 7.01. The smallest absolute Gasteiger partial charge is 0.252 e. The number of nitrogens with one attached hydrogen (secondary N) is 2. The van der Waals surface area contributed by atoms with Crippen LogP contribution in [0.2, 0.25) is 0 Å². The van der Waals surface area contributed by atoms with Gasteiger partial charge in [-0.1, -0.05) is 13.8 Å². The second-order valence-electron chi connectivity index (χ2n) is 5.28. The van der Waals surface area contributed by atoms with Gasteiger partial charge in [-0.15, -0.1) is 0 Å². The van der Waals surface area contributed by atoms with Crippen LogP contribution >= 0.6 is 0 Å². The number of hydrogen-bond donors (Lipinski definition) is 2. The lowest BCUT2D eigenvalue weighted by atomic mass is 10.2. The molecule has 0 aliphatic carbocycles. The van der Waals surface area contributed by atoms with Gasteiger partial charge < -0.3 is 10.6 Å². The molecule has 0 radical (unpaired) electrons. The van der Waals surface area contributed by atoms with E-state index >= 15 is 0 Å². The van der Waals surface area contributed by atoms with Crippen molar-refractivity contribution in [2.24, 2.45) is 5.92 Å². The molecule has 0 fully saturated rings. The van der Waals surface area contributed by atoms with Crippen LogP contribution in [0.25, 0.3) is 0 Å². The predicted octanol–water partition coefficient (Wildman–Crippen LogP) is 2.47. The quantitative estimate of drug-likeness (QED) is 0.855. The first-order valence-electron chi connectivity index (χ1n) is 7.01. The van der Waals surface area contributed by atoms with Gasteiger partial charge in [0.2, 0.25) is 0 Å². The first kappa shape index (κ1) is 15.0. The maximum Gasteiger partial charge on any atom is 0.252 e. The fourth-order valence-corrected chi connectivity index (χ4v) is 1.76. The van der Waals surface area contributed by atoms with E-state index in [2.05, 4.69) is 34.4 Å². The molecule has 0 aliphatic heterocycles. The van der Waals surface area contributed by atoms with Gasteiger partial charge in [0, 0.05) is 37.9 Å². The van der Waals surface area contributed by atoms with Crippen molar-refractivity contribution in [3.8, 4) is 0 Å². The highest BCUT2D eigenvalue weighted by Crippen LogP contribution is 2.10. The molecule has 0 atom stereocenters. The van der Waals surface area contributed by atoms with Crippen LogP contribution in [0.15, 0.2) is 43.0 Å². The summed E-state index contributed by atoms with van der Waals surface area (Å²) in [4.78, 5) is 20.1. The van der Waals surface area contributed by atoms with E-state index in [1.807, 2.05) is 18.2 Å². The van der Waals surface area contributed by atoms with Gasteiger partial charge in [-0.25, -0.2) is 0 Å². The number of hydrogen-bond acceptors (Lipinski definition) is 4. The second-order valence-corrected chi connectivity index (χ2v) is 5.28. The van der Waals surface area contributed by atoms with Gasteiger partial charge in [0.15, 0.2) is 0 Å². The summed E-state index contributed by atoms with van der Waals surface area (Å²) in [6, 6.07) is 5.70. The molecule has 0 aliphatic rings. The third kappa shape index (κ3) is 4.87. The zero-order valence-electron chi connectivity index (χ0n) is 12.3. The summed E-state index contributed by atoms with van der Waals surface area (Å²) in [7, 11) is 0. The molecule has 0 unspecified atom stereocenters. The summed E-state index contributed by atoms with van der Waals surface area (Å²) in [6.45, 7) is 5.45. The number of aromatic nitrogens is 2. The Balaban J connectivity index is 1.96. The summed E-state index contributed by atoms with van der Waals surface area (Å²) < 4.78 is 0. The van der Waals surface area contributed by atoms with Gasteiger partial charge in [0.1, 0.15) is 0 Å². The fraction of sp³-hybridized carbons (Fsp3) is 0.312. The largest absolute Gasteiger partial charge is 0.380 e. The minimum absolute atomic E-state index is 0.0937. The molecule has 1 amide bonds. The van der Waals surface area contributed by atoms with E-state index in [0.717, 1.165) is 11.3 Å². The van der Waals surface area contributed by atoms with Crippen LogP contribution < -0.4 is 10.6 Å².